The zero-order valence-electron chi connectivity index (χ0n) is 12.0. The molecule has 0 aliphatic heterocycles. The Labute approximate surface area is 125 Å². The van der Waals surface area contributed by atoms with E-state index in [1.165, 1.54) is 11.1 Å². The van der Waals surface area contributed by atoms with E-state index in [1.807, 2.05) is 30.3 Å². The highest BCUT2D eigenvalue weighted by Gasteiger charge is 2.25. The highest BCUT2D eigenvalue weighted by molar-refractivity contribution is 5.81. The second-order valence-electron chi connectivity index (χ2n) is 5.56. The first kappa shape index (κ1) is 13.8. The zero-order valence-corrected chi connectivity index (χ0v) is 12.0. The Kier molecular flexibility index (Phi) is 4.02. The minimum absolute atomic E-state index is 0.188. The molecule has 21 heavy (non-hydrogen) atoms. The number of primary amides is 1. The SMILES string of the molecule is NC(=O)C(NC1CCCc2ccccc21)c1ccccc1. The van der Waals surface area contributed by atoms with Crippen molar-refractivity contribution in [2.75, 3.05) is 0 Å². The molecule has 0 saturated carbocycles. The molecule has 108 valence electrons. The van der Waals surface area contributed by atoms with Crippen molar-refractivity contribution in [3.63, 3.8) is 0 Å². The average molecular weight is 280 g/mol. The van der Waals surface area contributed by atoms with E-state index in [2.05, 4.69) is 29.6 Å². The summed E-state index contributed by atoms with van der Waals surface area (Å²) in [5.41, 5.74) is 9.20. The maximum atomic E-state index is 11.8. The molecule has 0 aromatic heterocycles. The van der Waals surface area contributed by atoms with E-state index in [0.29, 0.717) is 0 Å². The largest absolute Gasteiger partial charge is 0.368 e. The molecule has 1 aliphatic rings. The molecule has 3 N–H and O–H groups in total. The Hall–Kier alpha value is -2.13. The Morgan fingerprint density at radius 3 is 2.57 bits per heavy atom. The Morgan fingerprint density at radius 2 is 1.81 bits per heavy atom. The second-order valence-corrected chi connectivity index (χ2v) is 5.56. The summed E-state index contributed by atoms with van der Waals surface area (Å²) < 4.78 is 0. The van der Waals surface area contributed by atoms with Gasteiger partial charge in [0.05, 0.1) is 0 Å². The van der Waals surface area contributed by atoms with Crippen molar-refractivity contribution in [3.05, 3.63) is 71.3 Å². The third-order valence-electron chi connectivity index (χ3n) is 4.15. The summed E-state index contributed by atoms with van der Waals surface area (Å²) in [6, 6.07) is 17.9. The van der Waals surface area contributed by atoms with Gasteiger partial charge in [0.15, 0.2) is 0 Å². The predicted octanol–water partition coefficient (Wildman–Crippen LogP) is 2.88. The molecule has 0 spiro atoms. The first-order chi connectivity index (χ1) is 10.3. The molecule has 3 rings (SSSR count). The van der Waals surface area contributed by atoms with Crippen LogP contribution in [0.3, 0.4) is 0 Å². The van der Waals surface area contributed by atoms with Gasteiger partial charge in [0.2, 0.25) is 5.91 Å². The van der Waals surface area contributed by atoms with Crippen LogP contribution in [0.4, 0.5) is 0 Å². The number of fused-ring (bicyclic) bond motifs is 1. The van der Waals surface area contributed by atoms with Crippen molar-refractivity contribution in [1.29, 1.82) is 0 Å². The quantitative estimate of drug-likeness (QED) is 0.904. The fourth-order valence-electron chi connectivity index (χ4n) is 3.12. The molecule has 2 atom stereocenters. The highest BCUT2D eigenvalue weighted by atomic mass is 16.1. The van der Waals surface area contributed by atoms with E-state index >= 15 is 0 Å². The van der Waals surface area contributed by atoms with Crippen LogP contribution in [-0.4, -0.2) is 5.91 Å². The van der Waals surface area contributed by atoms with Crippen LogP contribution in [0, 0.1) is 0 Å². The molecule has 1 amide bonds. The Bertz CT molecular complexity index is 624. The number of carbonyl (C=O) groups excluding carboxylic acids is 1. The summed E-state index contributed by atoms with van der Waals surface area (Å²) in [7, 11) is 0. The number of hydrogen-bond acceptors (Lipinski definition) is 2. The molecule has 2 unspecified atom stereocenters. The maximum Gasteiger partial charge on any atom is 0.239 e. The van der Waals surface area contributed by atoms with Gasteiger partial charge < -0.3 is 5.73 Å². The molecule has 2 aromatic carbocycles. The van der Waals surface area contributed by atoms with Gasteiger partial charge in [-0.3, -0.25) is 10.1 Å². The van der Waals surface area contributed by atoms with Crippen LogP contribution in [0.2, 0.25) is 0 Å². The number of aryl methyl sites for hydroxylation is 1. The van der Waals surface area contributed by atoms with Gasteiger partial charge >= 0.3 is 0 Å². The lowest BCUT2D eigenvalue weighted by Gasteiger charge is -2.29. The summed E-state index contributed by atoms with van der Waals surface area (Å²) in [6.07, 6.45) is 3.28. The lowest BCUT2D eigenvalue weighted by molar-refractivity contribution is -0.120. The standard InChI is InChI=1S/C18H20N2O/c19-18(21)17(14-8-2-1-3-9-14)20-16-12-6-10-13-7-4-5-11-15(13)16/h1-5,7-9,11,16-17,20H,6,10,12H2,(H2,19,21). The molecule has 0 radical (unpaired) electrons. The lowest BCUT2D eigenvalue weighted by atomic mass is 9.87. The zero-order chi connectivity index (χ0) is 14.7. The van der Waals surface area contributed by atoms with E-state index in [1.54, 1.807) is 0 Å². The third-order valence-corrected chi connectivity index (χ3v) is 4.15. The third kappa shape index (κ3) is 2.98. The molecule has 2 aromatic rings. The van der Waals surface area contributed by atoms with Crippen molar-refractivity contribution in [3.8, 4) is 0 Å². The van der Waals surface area contributed by atoms with Crippen LogP contribution < -0.4 is 11.1 Å². The van der Waals surface area contributed by atoms with Gasteiger partial charge in [-0.25, -0.2) is 0 Å². The topological polar surface area (TPSA) is 55.1 Å². The van der Waals surface area contributed by atoms with Crippen LogP contribution >= 0.6 is 0 Å². The number of carbonyl (C=O) groups is 1. The van der Waals surface area contributed by atoms with Gasteiger partial charge in [0.1, 0.15) is 6.04 Å². The van der Waals surface area contributed by atoms with E-state index < -0.39 is 6.04 Å². The fourth-order valence-corrected chi connectivity index (χ4v) is 3.12. The summed E-state index contributed by atoms with van der Waals surface area (Å²) in [5, 5.41) is 3.45. The van der Waals surface area contributed by atoms with Crippen LogP contribution in [0.1, 0.15) is 41.6 Å². The monoisotopic (exact) mass is 280 g/mol. The van der Waals surface area contributed by atoms with Crippen molar-refractivity contribution in [2.24, 2.45) is 5.73 Å². The summed E-state index contributed by atoms with van der Waals surface area (Å²) in [4.78, 5) is 11.8. The van der Waals surface area contributed by atoms with Crippen LogP contribution in [0.15, 0.2) is 54.6 Å². The number of amides is 1. The van der Waals surface area contributed by atoms with E-state index in [9.17, 15) is 4.79 Å². The van der Waals surface area contributed by atoms with Crippen LogP contribution in [0.5, 0.6) is 0 Å². The van der Waals surface area contributed by atoms with Crippen molar-refractivity contribution in [2.45, 2.75) is 31.3 Å². The van der Waals surface area contributed by atoms with Crippen molar-refractivity contribution in [1.82, 2.24) is 5.32 Å². The Morgan fingerprint density at radius 1 is 1.10 bits per heavy atom. The summed E-state index contributed by atoms with van der Waals surface area (Å²) >= 11 is 0. The molecule has 0 heterocycles. The van der Waals surface area contributed by atoms with E-state index in [4.69, 9.17) is 5.73 Å². The fraction of sp³-hybridized carbons (Fsp3) is 0.278. The van der Waals surface area contributed by atoms with Gasteiger partial charge in [-0.1, -0.05) is 54.6 Å². The average Bonchev–Trinajstić information content (AvgIpc) is 2.53. The van der Waals surface area contributed by atoms with Crippen molar-refractivity contribution < 1.29 is 4.79 Å². The lowest BCUT2D eigenvalue weighted by Crippen LogP contribution is -2.37. The summed E-state index contributed by atoms with van der Waals surface area (Å²) in [5.74, 6) is -0.329. The number of nitrogens with one attached hydrogen (secondary N) is 1. The Balaban J connectivity index is 1.86. The summed E-state index contributed by atoms with van der Waals surface area (Å²) in [6.45, 7) is 0. The maximum absolute atomic E-state index is 11.8. The van der Waals surface area contributed by atoms with Gasteiger partial charge in [0, 0.05) is 6.04 Å². The van der Waals surface area contributed by atoms with Gasteiger partial charge in [-0.05, 0) is 36.0 Å². The molecule has 0 saturated heterocycles. The first-order valence-corrected chi connectivity index (χ1v) is 7.44. The number of benzene rings is 2. The second kappa shape index (κ2) is 6.10. The van der Waals surface area contributed by atoms with E-state index in [-0.39, 0.29) is 11.9 Å². The first-order valence-electron chi connectivity index (χ1n) is 7.44. The molecule has 1 aliphatic carbocycles. The smallest absolute Gasteiger partial charge is 0.239 e. The molecular formula is C18H20N2O. The van der Waals surface area contributed by atoms with E-state index in [0.717, 1.165) is 24.8 Å². The molecule has 3 nitrogen and oxygen atoms in total. The minimum atomic E-state index is -0.442. The van der Waals surface area contributed by atoms with Gasteiger partial charge in [0.25, 0.3) is 0 Å². The predicted molar refractivity (Wildman–Crippen MR) is 83.6 cm³/mol. The number of nitrogens with two attached hydrogens (primary N) is 1. The molecular weight excluding hydrogens is 260 g/mol. The molecule has 0 bridgehead atoms. The van der Waals surface area contributed by atoms with Crippen LogP contribution in [-0.2, 0) is 11.2 Å². The van der Waals surface area contributed by atoms with Gasteiger partial charge in [-0.2, -0.15) is 0 Å². The highest BCUT2D eigenvalue weighted by Crippen LogP contribution is 2.31. The normalized spacial score (nSPS) is 18.8. The molecule has 3 heteroatoms. The molecule has 0 fully saturated rings. The minimum Gasteiger partial charge on any atom is -0.368 e. The number of rotatable bonds is 4. The van der Waals surface area contributed by atoms with Crippen molar-refractivity contribution >= 4 is 5.91 Å². The van der Waals surface area contributed by atoms with Gasteiger partial charge in [-0.15, -0.1) is 0 Å². The number of hydrogen-bond donors (Lipinski definition) is 2. The van der Waals surface area contributed by atoms with Crippen LogP contribution in [0.25, 0.3) is 0 Å².